The molecule has 0 saturated heterocycles. The summed E-state index contributed by atoms with van der Waals surface area (Å²) in [5.41, 5.74) is 8.56. The fraction of sp³-hybridized carbons (Fsp3) is 0.226. The molecule has 0 fully saturated rings. The monoisotopic (exact) mass is 492 g/mol. The van der Waals surface area contributed by atoms with Crippen LogP contribution in [0.5, 0.6) is 23.0 Å². The highest BCUT2D eigenvalue weighted by atomic mass is 16.7. The average Bonchev–Trinajstić information content (AvgIpc) is 3.63. The first-order valence-electron chi connectivity index (χ1n) is 12.6. The van der Waals surface area contributed by atoms with Crippen molar-refractivity contribution in [3.05, 3.63) is 107 Å². The minimum Gasteiger partial charge on any atom is -0.493 e. The number of allylic oxidation sites excluding steroid dienone is 1. The third-order valence-corrected chi connectivity index (χ3v) is 7.64. The Kier molecular flexibility index (Phi) is 5.13. The van der Waals surface area contributed by atoms with Gasteiger partial charge in [-0.2, -0.15) is 0 Å². The quantitative estimate of drug-likeness (QED) is 0.354. The first kappa shape index (κ1) is 21.9. The Morgan fingerprint density at radius 2 is 1.65 bits per heavy atom. The SMILES string of the molecule is COc1ccc2c(c1OC)C(n1cccc1)N1CCc3cc4c(cc3C1=C2Cc1ccccc1)OCO4. The Labute approximate surface area is 216 Å². The van der Waals surface area contributed by atoms with Crippen LogP contribution in [0.1, 0.15) is 34.0 Å². The van der Waals surface area contributed by atoms with Crippen LogP contribution in [-0.4, -0.2) is 37.0 Å². The molecular formula is C31H28N2O4. The Bertz CT molecular complexity index is 1510. The van der Waals surface area contributed by atoms with Crippen LogP contribution >= 0.6 is 0 Å². The zero-order chi connectivity index (χ0) is 24.9. The maximum atomic E-state index is 6.05. The van der Waals surface area contributed by atoms with Crippen LogP contribution in [0.4, 0.5) is 0 Å². The molecule has 1 atom stereocenters. The van der Waals surface area contributed by atoms with Crippen LogP contribution < -0.4 is 18.9 Å². The van der Waals surface area contributed by atoms with Gasteiger partial charge in [0.2, 0.25) is 6.79 Å². The molecule has 0 bridgehead atoms. The number of ether oxygens (including phenoxy) is 4. The van der Waals surface area contributed by atoms with E-state index in [-0.39, 0.29) is 13.0 Å². The van der Waals surface area contributed by atoms with Crippen LogP contribution in [0.25, 0.3) is 11.3 Å². The third-order valence-electron chi connectivity index (χ3n) is 7.64. The lowest BCUT2D eigenvalue weighted by atomic mass is 9.81. The van der Waals surface area contributed by atoms with E-state index in [9.17, 15) is 0 Å². The molecule has 3 aliphatic rings. The van der Waals surface area contributed by atoms with Gasteiger partial charge in [0.05, 0.1) is 19.9 Å². The van der Waals surface area contributed by atoms with Gasteiger partial charge in [-0.3, -0.25) is 0 Å². The van der Waals surface area contributed by atoms with Gasteiger partial charge in [0.15, 0.2) is 23.0 Å². The highest BCUT2D eigenvalue weighted by Gasteiger charge is 2.40. The molecule has 3 aromatic carbocycles. The second-order valence-corrected chi connectivity index (χ2v) is 9.56. The minimum atomic E-state index is -0.0804. The number of aromatic nitrogens is 1. The van der Waals surface area contributed by atoms with Gasteiger partial charge in [0.25, 0.3) is 0 Å². The summed E-state index contributed by atoms with van der Waals surface area (Å²) in [7, 11) is 3.43. The largest absolute Gasteiger partial charge is 0.493 e. The lowest BCUT2D eigenvalue weighted by molar-refractivity contribution is 0.174. The van der Waals surface area contributed by atoms with Gasteiger partial charge < -0.3 is 28.4 Å². The van der Waals surface area contributed by atoms with Gasteiger partial charge in [-0.25, -0.2) is 0 Å². The molecule has 6 heteroatoms. The molecule has 0 amide bonds. The van der Waals surface area contributed by atoms with Crippen LogP contribution in [0, 0.1) is 0 Å². The number of hydrogen-bond acceptors (Lipinski definition) is 5. The van der Waals surface area contributed by atoms with Crippen molar-refractivity contribution < 1.29 is 18.9 Å². The lowest BCUT2D eigenvalue weighted by Gasteiger charge is -2.46. The number of hydrogen-bond donors (Lipinski definition) is 0. The molecule has 4 aromatic rings. The molecule has 186 valence electrons. The first-order chi connectivity index (χ1) is 18.3. The third kappa shape index (κ3) is 3.39. The molecule has 37 heavy (non-hydrogen) atoms. The Balaban J connectivity index is 1.55. The molecule has 7 rings (SSSR count). The van der Waals surface area contributed by atoms with Crippen LogP contribution in [0.2, 0.25) is 0 Å². The fourth-order valence-corrected chi connectivity index (χ4v) is 6.05. The molecule has 0 saturated carbocycles. The fourth-order valence-electron chi connectivity index (χ4n) is 6.05. The average molecular weight is 493 g/mol. The molecule has 0 aliphatic carbocycles. The molecule has 1 aromatic heterocycles. The van der Waals surface area contributed by atoms with Crippen LogP contribution in [-0.2, 0) is 12.8 Å². The highest BCUT2D eigenvalue weighted by molar-refractivity contribution is 5.96. The number of benzene rings is 3. The maximum absolute atomic E-state index is 6.05. The number of nitrogens with zero attached hydrogens (tertiary/aromatic N) is 2. The topological polar surface area (TPSA) is 45.1 Å². The number of rotatable bonds is 5. The van der Waals surface area contributed by atoms with Crippen LogP contribution in [0.3, 0.4) is 0 Å². The van der Waals surface area contributed by atoms with Gasteiger partial charge in [-0.05, 0) is 59.0 Å². The molecule has 6 nitrogen and oxygen atoms in total. The molecule has 0 N–H and O–H groups in total. The predicted octanol–water partition coefficient (Wildman–Crippen LogP) is 5.76. The van der Waals surface area contributed by atoms with Crippen molar-refractivity contribution in [1.82, 2.24) is 9.47 Å². The smallest absolute Gasteiger partial charge is 0.231 e. The van der Waals surface area contributed by atoms with E-state index in [1.54, 1.807) is 14.2 Å². The normalized spacial score (nSPS) is 17.2. The van der Waals surface area contributed by atoms with Crippen molar-refractivity contribution in [2.75, 3.05) is 27.6 Å². The van der Waals surface area contributed by atoms with Crippen LogP contribution in [0.15, 0.2) is 79.1 Å². The summed E-state index contributed by atoms with van der Waals surface area (Å²) in [5, 5.41) is 0. The second-order valence-electron chi connectivity index (χ2n) is 9.56. The number of methoxy groups -OCH3 is 2. The first-order valence-corrected chi connectivity index (χ1v) is 12.6. The van der Waals surface area contributed by atoms with Gasteiger partial charge in [0, 0.05) is 36.5 Å². The summed E-state index contributed by atoms with van der Waals surface area (Å²) in [5.74, 6) is 3.16. The zero-order valence-electron chi connectivity index (χ0n) is 20.9. The van der Waals surface area contributed by atoms with Gasteiger partial charge in [0.1, 0.15) is 6.17 Å². The van der Waals surface area contributed by atoms with Crippen molar-refractivity contribution in [3.63, 3.8) is 0 Å². The predicted molar refractivity (Wildman–Crippen MR) is 142 cm³/mol. The summed E-state index contributed by atoms with van der Waals surface area (Å²) >= 11 is 0. The van der Waals surface area contributed by atoms with Crippen molar-refractivity contribution in [2.45, 2.75) is 19.0 Å². The Morgan fingerprint density at radius 3 is 2.41 bits per heavy atom. The molecule has 4 heterocycles. The Morgan fingerprint density at radius 1 is 0.865 bits per heavy atom. The summed E-state index contributed by atoms with van der Waals surface area (Å²) in [6, 6.07) is 23.4. The summed E-state index contributed by atoms with van der Waals surface area (Å²) in [6.07, 6.45) is 5.88. The van der Waals surface area contributed by atoms with E-state index in [4.69, 9.17) is 18.9 Å². The van der Waals surface area contributed by atoms with Crippen molar-refractivity contribution in [1.29, 1.82) is 0 Å². The van der Waals surface area contributed by atoms with Gasteiger partial charge >= 0.3 is 0 Å². The van der Waals surface area contributed by atoms with E-state index in [1.807, 2.05) is 6.07 Å². The number of fused-ring (bicyclic) bond motifs is 5. The molecule has 0 radical (unpaired) electrons. The molecular weight excluding hydrogens is 464 g/mol. The summed E-state index contributed by atoms with van der Waals surface area (Å²) in [4.78, 5) is 2.52. The highest BCUT2D eigenvalue weighted by Crippen LogP contribution is 2.53. The van der Waals surface area contributed by atoms with Gasteiger partial charge in [-0.15, -0.1) is 0 Å². The second kappa shape index (κ2) is 8.66. The van der Waals surface area contributed by atoms with Crippen molar-refractivity contribution in [2.24, 2.45) is 0 Å². The van der Waals surface area contributed by atoms with E-state index >= 15 is 0 Å². The lowest BCUT2D eigenvalue weighted by Crippen LogP contribution is -2.40. The van der Waals surface area contributed by atoms with E-state index in [1.165, 1.54) is 33.5 Å². The van der Waals surface area contributed by atoms with Crippen molar-refractivity contribution in [3.8, 4) is 23.0 Å². The minimum absolute atomic E-state index is 0.0804. The van der Waals surface area contributed by atoms with E-state index in [0.717, 1.165) is 47.9 Å². The zero-order valence-corrected chi connectivity index (χ0v) is 20.9. The molecule has 1 unspecified atom stereocenters. The van der Waals surface area contributed by atoms with E-state index < -0.39 is 0 Å². The molecule has 0 spiro atoms. The van der Waals surface area contributed by atoms with E-state index in [2.05, 4.69) is 82.5 Å². The summed E-state index contributed by atoms with van der Waals surface area (Å²) < 4.78 is 25.6. The maximum Gasteiger partial charge on any atom is 0.231 e. The van der Waals surface area contributed by atoms with Crippen molar-refractivity contribution >= 4 is 11.3 Å². The Hall–Kier alpha value is -4.32. The molecule has 3 aliphatic heterocycles. The summed E-state index contributed by atoms with van der Waals surface area (Å²) in [6.45, 7) is 1.13. The van der Waals surface area contributed by atoms with Gasteiger partial charge in [-0.1, -0.05) is 36.4 Å². The standard InChI is InChI=1S/C31H28N2O4/c1-34-25-11-10-22-24(16-20-8-4-3-5-9-20)29-23-18-27-26(36-19-37-27)17-21(23)12-15-33(29)31(28(22)30(25)35-2)32-13-6-7-14-32/h3-11,13-14,17-18,31H,12,15-16,19H2,1-2H3. The van der Waals surface area contributed by atoms with E-state index in [0.29, 0.717) is 0 Å².